The molecule has 1 aromatic carbocycles. The Morgan fingerprint density at radius 1 is 0.833 bits per heavy atom. The van der Waals surface area contributed by atoms with Crippen LogP contribution < -0.4 is 0 Å². The number of aliphatic hydroxyl groups is 2. The maximum absolute atomic E-state index is 10.2. The minimum Gasteiger partial charge on any atom is -0.390 e. The van der Waals surface area contributed by atoms with Crippen molar-refractivity contribution in [2.24, 2.45) is 0 Å². The predicted octanol–water partition coefficient (Wildman–Crippen LogP) is 4.80. The number of hydrogen-bond acceptors (Lipinski definition) is 3. The van der Waals surface area contributed by atoms with Crippen LogP contribution in [0.1, 0.15) is 82.4 Å². The number of hydrogen-bond donors (Lipinski definition) is 2. The molecule has 0 aliphatic carbocycles. The second-order valence-corrected chi connectivity index (χ2v) is 6.80. The minimum absolute atomic E-state index is 0.141. The first kappa shape index (κ1) is 21.1. The van der Waals surface area contributed by atoms with Crippen molar-refractivity contribution in [2.75, 3.05) is 7.11 Å². The lowest BCUT2D eigenvalue weighted by atomic mass is 9.97. The molecule has 1 aromatic rings. The summed E-state index contributed by atoms with van der Waals surface area (Å²) < 4.78 is 5.52. The molecule has 0 heterocycles. The Morgan fingerprint density at radius 2 is 1.50 bits per heavy atom. The lowest BCUT2D eigenvalue weighted by Gasteiger charge is -2.19. The lowest BCUT2D eigenvalue weighted by Crippen LogP contribution is -2.27. The molecular weight excluding hydrogens is 300 g/mol. The Morgan fingerprint density at radius 3 is 2.08 bits per heavy atom. The summed E-state index contributed by atoms with van der Waals surface area (Å²) in [5, 5.41) is 20.3. The molecule has 138 valence electrons. The first-order valence-corrected chi connectivity index (χ1v) is 9.60. The maximum atomic E-state index is 10.2. The van der Waals surface area contributed by atoms with Crippen LogP contribution in [0.5, 0.6) is 0 Å². The summed E-state index contributed by atoms with van der Waals surface area (Å²) in [6.45, 7) is 4.35. The van der Waals surface area contributed by atoms with Gasteiger partial charge in [-0.15, -0.1) is 0 Å². The summed E-state index contributed by atoms with van der Waals surface area (Å²) in [4.78, 5) is 0. The number of methoxy groups -OCH3 is 1. The van der Waals surface area contributed by atoms with Crippen molar-refractivity contribution >= 4 is 0 Å². The molecule has 3 unspecified atom stereocenters. The fraction of sp³-hybridized carbons (Fsp3) is 0.714. The summed E-state index contributed by atoms with van der Waals surface area (Å²) in [6.07, 6.45) is 7.95. The summed E-state index contributed by atoms with van der Waals surface area (Å²) in [5.74, 6) is 0. The van der Waals surface area contributed by atoms with Gasteiger partial charge in [-0.25, -0.2) is 0 Å². The van der Waals surface area contributed by atoms with Gasteiger partial charge in [-0.1, -0.05) is 76.6 Å². The van der Waals surface area contributed by atoms with Crippen LogP contribution >= 0.6 is 0 Å². The van der Waals surface area contributed by atoms with Gasteiger partial charge in [-0.2, -0.15) is 0 Å². The van der Waals surface area contributed by atoms with E-state index in [-0.39, 0.29) is 6.10 Å². The molecule has 0 bridgehead atoms. The number of benzene rings is 1. The fourth-order valence-corrected chi connectivity index (χ4v) is 3.08. The van der Waals surface area contributed by atoms with Gasteiger partial charge in [0.15, 0.2) is 0 Å². The van der Waals surface area contributed by atoms with Gasteiger partial charge in [0, 0.05) is 13.5 Å². The van der Waals surface area contributed by atoms with Gasteiger partial charge < -0.3 is 14.9 Å². The van der Waals surface area contributed by atoms with E-state index in [9.17, 15) is 10.2 Å². The van der Waals surface area contributed by atoms with E-state index in [1.165, 1.54) is 24.8 Å². The molecule has 0 fully saturated rings. The molecule has 0 aliphatic rings. The Balaban J connectivity index is 2.41. The molecule has 0 spiro atoms. The van der Waals surface area contributed by atoms with Crippen molar-refractivity contribution in [1.82, 2.24) is 0 Å². The first-order valence-electron chi connectivity index (χ1n) is 9.60. The molecular formula is C21H36O3. The Kier molecular flexibility index (Phi) is 11.0. The molecule has 0 saturated carbocycles. The monoisotopic (exact) mass is 336 g/mol. The van der Waals surface area contributed by atoms with Crippen LogP contribution in [-0.2, 0) is 11.2 Å². The number of unbranched alkanes of at least 4 members (excludes halogenated alkanes) is 4. The quantitative estimate of drug-likeness (QED) is 0.509. The normalized spacial score (nSPS) is 15.2. The topological polar surface area (TPSA) is 49.7 Å². The van der Waals surface area contributed by atoms with Gasteiger partial charge in [0.1, 0.15) is 0 Å². The highest BCUT2D eigenvalue weighted by Crippen LogP contribution is 2.23. The summed E-state index contributed by atoms with van der Waals surface area (Å²) >= 11 is 0. The smallest absolute Gasteiger partial charge is 0.0839 e. The molecule has 3 nitrogen and oxygen atoms in total. The molecule has 2 N–H and O–H groups in total. The van der Waals surface area contributed by atoms with Crippen molar-refractivity contribution < 1.29 is 14.9 Å². The third-order valence-corrected chi connectivity index (χ3v) is 4.68. The van der Waals surface area contributed by atoms with Crippen LogP contribution in [0.25, 0.3) is 0 Å². The molecule has 3 heteroatoms. The van der Waals surface area contributed by atoms with E-state index in [4.69, 9.17) is 4.74 Å². The highest BCUT2D eigenvalue weighted by atomic mass is 16.5. The van der Waals surface area contributed by atoms with E-state index in [0.29, 0.717) is 12.8 Å². The molecule has 0 aliphatic heterocycles. The van der Waals surface area contributed by atoms with Crippen LogP contribution in [0.2, 0.25) is 0 Å². The van der Waals surface area contributed by atoms with Crippen LogP contribution in [0, 0.1) is 0 Å². The van der Waals surface area contributed by atoms with Crippen molar-refractivity contribution in [3.63, 3.8) is 0 Å². The van der Waals surface area contributed by atoms with E-state index in [1.54, 1.807) is 7.11 Å². The molecule has 24 heavy (non-hydrogen) atoms. The second kappa shape index (κ2) is 12.5. The van der Waals surface area contributed by atoms with Crippen LogP contribution in [-0.4, -0.2) is 29.5 Å². The van der Waals surface area contributed by atoms with Gasteiger partial charge in [-0.3, -0.25) is 0 Å². The van der Waals surface area contributed by atoms with Crippen LogP contribution in [0.15, 0.2) is 24.3 Å². The third-order valence-electron chi connectivity index (χ3n) is 4.68. The predicted molar refractivity (Wildman–Crippen MR) is 100 cm³/mol. The van der Waals surface area contributed by atoms with E-state index in [2.05, 4.69) is 26.0 Å². The van der Waals surface area contributed by atoms with Crippen molar-refractivity contribution in [3.05, 3.63) is 35.4 Å². The molecule has 1 rings (SSSR count). The Bertz CT molecular complexity index is 416. The second-order valence-electron chi connectivity index (χ2n) is 6.80. The molecule has 0 amide bonds. The standard InChI is InChI=1S/C21H36O3/c1-4-6-7-8-9-11-19(22)20(23)16-17-12-14-18(15-13-17)21(24-3)10-5-2/h12-15,19-23H,4-11,16H2,1-3H3. The van der Waals surface area contributed by atoms with Crippen molar-refractivity contribution in [2.45, 2.75) is 89.9 Å². The van der Waals surface area contributed by atoms with Crippen molar-refractivity contribution in [3.8, 4) is 0 Å². The van der Waals surface area contributed by atoms with Crippen LogP contribution in [0.3, 0.4) is 0 Å². The van der Waals surface area contributed by atoms with E-state index in [1.807, 2.05) is 12.1 Å². The summed E-state index contributed by atoms with van der Waals surface area (Å²) in [5.41, 5.74) is 2.23. The zero-order chi connectivity index (χ0) is 17.8. The van der Waals surface area contributed by atoms with Gasteiger partial charge in [0.25, 0.3) is 0 Å². The number of aliphatic hydroxyl groups excluding tert-OH is 2. The molecule has 3 atom stereocenters. The van der Waals surface area contributed by atoms with Crippen molar-refractivity contribution in [1.29, 1.82) is 0 Å². The summed E-state index contributed by atoms with van der Waals surface area (Å²) in [6, 6.07) is 8.22. The Labute approximate surface area is 148 Å². The highest BCUT2D eigenvalue weighted by Gasteiger charge is 2.17. The van der Waals surface area contributed by atoms with E-state index in [0.717, 1.165) is 31.2 Å². The van der Waals surface area contributed by atoms with Gasteiger partial charge >= 0.3 is 0 Å². The van der Waals surface area contributed by atoms with E-state index < -0.39 is 12.2 Å². The third kappa shape index (κ3) is 7.78. The zero-order valence-electron chi connectivity index (χ0n) is 15.7. The molecule has 0 aromatic heterocycles. The average molecular weight is 337 g/mol. The van der Waals surface area contributed by atoms with Gasteiger partial charge in [0.2, 0.25) is 0 Å². The minimum atomic E-state index is -0.684. The van der Waals surface area contributed by atoms with E-state index >= 15 is 0 Å². The van der Waals surface area contributed by atoms with Gasteiger partial charge in [-0.05, 0) is 24.0 Å². The maximum Gasteiger partial charge on any atom is 0.0839 e. The first-order chi connectivity index (χ1) is 11.6. The SMILES string of the molecule is CCCCCCCC(O)C(O)Cc1ccc(C(CCC)OC)cc1. The van der Waals surface area contributed by atoms with Gasteiger partial charge in [0.05, 0.1) is 18.3 Å². The van der Waals surface area contributed by atoms with Crippen LogP contribution in [0.4, 0.5) is 0 Å². The lowest BCUT2D eigenvalue weighted by molar-refractivity contribution is 0.0137. The number of ether oxygens (including phenoxy) is 1. The fourth-order valence-electron chi connectivity index (χ4n) is 3.08. The zero-order valence-corrected chi connectivity index (χ0v) is 15.7. The average Bonchev–Trinajstić information content (AvgIpc) is 2.60. The molecule has 0 radical (unpaired) electrons. The number of rotatable bonds is 13. The highest BCUT2D eigenvalue weighted by molar-refractivity contribution is 5.25. The molecule has 0 saturated heterocycles. The Hall–Kier alpha value is -0.900. The summed E-state index contributed by atoms with van der Waals surface area (Å²) in [7, 11) is 1.74. The largest absolute Gasteiger partial charge is 0.390 e.